The van der Waals surface area contributed by atoms with Crippen LogP contribution in [0.4, 0.5) is 0 Å². The Labute approximate surface area is 147 Å². The molecule has 0 saturated heterocycles. The van der Waals surface area contributed by atoms with Crippen LogP contribution in [-0.2, 0) is 0 Å². The van der Waals surface area contributed by atoms with E-state index in [9.17, 15) is 14.7 Å². The first-order valence-electron chi connectivity index (χ1n) is 8.92. The fourth-order valence-corrected chi connectivity index (χ4v) is 3.42. The summed E-state index contributed by atoms with van der Waals surface area (Å²) in [4.78, 5) is 24.4. The van der Waals surface area contributed by atoms with Gasteiger partial charge in [0.05, 0.1) is 5.69 Å². The molecule has 0 aliphatic heterocycles. The average molecular weight is 340 g/mol. The van der Waals surface area contributed by atoms with Gasteiger partial charge >= 0.3 is 0 Å². The molecule has 2 N–H and O–H groups in total. The molecule has 3 rings (SSSR count). The summed E-state index contributed by atoms with van der Waals surface area (Å²) < 4.78 is 2.13. The van der Waals surface area contributed by atoms with Gasteiger partial charge in [0.2, 0.25) is 0 Å². The summed E-state index contributed by atoms with van der Waals surface area (Å²) in [7, 11) is 0. The topological polar surface area (TPSA) is 71.3 Å². The number of aromatic nitrogens is 1. The number of Topliss-reactive ketones (excluding diaryl/α,β-unsaturated/α-hetero) is 1. The molecule has 132 valence electrons. The zero-order valence-electron chi connectivity index (χ0n) is 14.3. The van der Waals surface area contributed by atoms with Crippen molar-refractivity contribution < 1.29 is 14.7 Å². The van der Waals surface area contributed by atoms with Crippen LogP contribution in [0.15, 0.2) is 42.6 Å². The Morgan fingerprint density at radius 3 is 2.56 bits per heavy atom. The summed E-state index contributed by atoms with van der Waals surface area (Å²) in [6.07, 6.45) is 7.82. The average Bonchev–Trinajstić information content (AvgIpc) is 3.29. The normalized spacial score (nSPS) is 14.6. The zero-order valence-corrected chi connectivity index (χ0v) is 14.3. The Kier molecular flexibility index (Phi) is 5.53. The van der Waals surface area contributed by atoms with E-state index in [0.717, 1.165) is 18.5 Å². The summed E-state index contributed by atoms with van der Waals surface area (Å²) in [5, 5.41) is 12.0. The van der Waals surface area contributed by atoms with Gasteiger partial charge in [-0.05, 0) is 55.7 Å². The zero-order chi connectivity index (χ0) is 17.6. The van der Waals surface area contributed by atoms with Gasteiger partial charge < -0.3 is 15.0 Å². The molecule has 25 heavy (non-hydrogen) atoms. The number of phenolic OH excluding ortho intramolecular Hbond substituents is 1. The summed E-state index contributed by atoms with van der Waals surface area (Å²) in [5.74, 6) is 0.0740. The van der Waals surface area contributed by atoms with Gasteiger partial charge in [-0.25, -0.2) is 0 Å². The lowest BCUT2D eigenvalue weighted by atomic mass is 10.1. The van der Waals surface area contributed by atoms with E-state index in [2.05, 4.69) is 9.88 Å². The van der Waals surface area contributed by atoms with Crippen molar-refractivity contribution in [2.24, 2.45) is 0 Å². The number of carbonyl (C=O) groups excluding carboxylic acids is 2. The molecule has 1 fully saturated rings. The number of rotatable bonds is 7. The van der Waals surface area contributed by atoms with Gasteiger partial charge in [0.25, 0.3) is 5.91 Å². The van der Waals surface area contributed by atoms with Crippen LogP contribution >= 0.6 is 0 Å². The molecule has 0 bridgehead atoms. The Balaban J connectivity index is 1.46. The molecule has 0 unspecified atom stereocenters. The van der Waals surface area contributed by atoms with Crippen molar-refractivity contribution in [2.45, 2.75) is 44.6 Å². The van der Waals surface area contributed by atoms with E-state index in [1.165, 1.54) is 25.0 Å². The van der Waals surface area contributed by atoms with Crippen molar-refractivity contribution >= 4 is 11.7 Å². The molecule has 5 nitrogen and oxygen atoms in total. The Hall–Kier alpha value is -2.56. The summed E-state index contributed by atoms with van der Waals surface area (Å²) in [6, 6.07) is 10.4. The molecule has 1 saturated carbocycles. The number of hydrogen-bond acceptors (Lipinski definition) is 3. The molecule has 1 aromatic heterocycles. The predicted octanol–water partition coefficient (Wildman–Crippen LogP) is 3.70. The number of aromatic hydroxyl groups is 1. The lowest BCUT2D eigenvalue weighted by Gasteiger charge is -2.15. The van der Waals surface area contributed by atoms with Crippen LogP contribution in [0.25, 0.3) is 0 Å². The lowest BCUT2D eigenvalue weighted by Crippen LogP contribution is -2.25. The smallest absolute Gasteiger partial charge is 0.251 e. The summed E-state index contributed by atoms with van der Waals surface area (Å²) in [6.45, 7) is 0.454. The quantitative estimate of drug-likeness (QED) is 0.596. The molecule has 1 amide bonds. The maximum atomic E-state index is 12.5. The molecule has 0 spiro atoms. The number of ketones is 1. The van der Waals surface area contributed by atoms with Crippen molar-refractivity contribution in [1.29, 1.82) is 0 Å². The molecule has 2 aromatic rings. The molecule has 1 aromatic carbocycles. The van der Waals surface area contributed by atoms with Gasteiger partial charge in [0.1, 0.15) is 5.75 Å². The fraction of sp³-hybridized carbons (Fsp3) is 0.400. The SMILES string of the molecule is O=C(NCCCC(=O)c1cccn1C1CCCC1)c1ccc(O)cc1. The number of hydrogen-bond donors (Lipinski definition) is 2. The lowest BCUT2D eigenvalue weighted by molar-refractivity contribution is 0.0934. The fourth-order valence-electron chi connectivity index (χ4n) is 3.42. The Bertz CT molecular complexity index is 728. The van der Waals surface area contributed by atoms with E-state index in [4.69, 9.17) is 0 Å². The first-order chi connectivity index (χ1) is 12.1. The third-order valence-corrected chi connectivity index (χ3v) is 4.78. The van der Waals surface area contributed by atoms with Gasteiger partial charge in [-0.2, -0.15) is 0 Å². The first-order valence-corrected chi connectivity index (χ1v) is 8.92. The minimum Gasteiger partial charge on any atom is -0.508 e. The second-order valence-electron chi connectivity index (χ2n) is 6.57. The van der Waals surface area contributed by atoms with Gasteiger partial charge in [-0.15, -0.1) is 0 Å². The van der Waals surface area contributed by atoms with Gasteiger partial charge in [0.15, 0.2) is 5.78 Å². The maximum absolute atomic E-state index is 12.5. The maximum Gasteiger partial charge on any atom is 0.251 e. The van der Waals surface area contributed by atoms with Crippen molar-refractivity contribution in [3.63, 3.8) is 0 Å². The van der Waals surface area contributed by atoms with Crippen molar-refractivity contribution in [1.82, 2.24) is 9.88 Å². The summed E-state index contributed by atoms with van der Waals surface area (Å²) >= 11 is 0. The molecular formula is C20H24N2O3. The number of nitrogens with zero attached hydrogens (tertiary/aromatic N) is 1. The second kappa shape index (κ2) is 8.01. The van der Waals surface area contributed by atoms with E-state index in [1.54, 1.807) is 12.1 Å². The standard InChI is InChI=1S/C20H24N2O3/c23-17-11-9-15(10-12-17)20(25)21-13-3-8-19(24)18-7-4-14-22(18)16-5-1-2-6-16/h4,7,9-12,14,16,23H,1-3,5-6,8,13H2,(H,21,25). The minimum atomic E-state index is -0.193. The van der Waals surface area contributed by atoms with E-state index in [0.29, 0.717) is 31.0 Å². The summed E-state index contributed by atoms with van der Waals surface area (Å²) in [5.41, 5.74) is 1.29. The van der Waals surface area contributed by atoms with E-state index < -0.39 is 0 Å². The highest BCUT2D eigenvalue weighted by Crippen LogP contribution is 2.31. The Morgan fingerprint density at radius 1 is 1.12 bits per heavy atom. The molecule has 0 radical (unpaired) electrons. The number of phenols is 1. The second-order valence-corrected chi connectivity index (χ2v) is 6.57. The molecule has 1 aliphatic carbocycles. The number of nitrogens with one attached hydrogen (secondary N) is 1. The van der Waals surface area contributed by atoms with Crippen LogP contribution in [0.5, 0.6) is 5.75 Å². The van der Waals surface area contributed by atoms with Crippen LogP contribution < -0.4 is 5.32 Å². The van der Waals surface area contributed by atoms with Crippen LogP contribution in [0, 0.1) is 0 Å². The first kappa shape index (κ1) is 17.3. The monoisotopic (exact) mass is 340 g/mol. The van der Waals surface area contributed by atoms with Crippen LogP contribution in [-0.4, -0.2) is 27.9 Å². The third kappa shape index (κ3) is 4.29. The molecular weight excluding hydrogens is 316 g/mol. The van der Waals surface area contributed by atoms with E-state index in [-0.39, 0.29) is 17.4 Å². The van der Waals surface area contributed by atoms with Crippen LogP contribution in [0.2, 0.25) is 0 Å². The minimum absolute atomic E-state index is 0.132. The van der Waals surface area contributed by atoms with Crippen molar-refractivity contribution in [2.75, 3.05) is 6.54 Å². The van der Waals surface area contributed by atoms with Gasteiger partial charge in [-0.3, -0.25) is 9.59 Å². The molecule has 1 heterocycles. The highest BCUT2D eigenvalue weighted by Gasteiger charge is 2.20. The van der Waals surface area contributed by atoms with E-state index in [1.807, 2.05) is 18.3 Å². The largest absolute Gasteiger partial charge is 0.508 e. The van der Waals surface area contributed by atoms with Crippen LogP contribution in [0.1, 0.15) is 65.4 Å². The number of amides is 1. The van der Waals surface area contributed by atoms with Gasteiger partial charge in [-0.1, -0.05) is 12.8 Å². The van der Waals surface area contributed by atoms with Crippen molar-refractivity contribution in [3.05, 3.63) is 53.9 Å². The molecule has 1 aliphatic rings. The van der Waals surface area contributed by atoms with Crippen molar-refractivity contribution in [3.8, 4) is 5.75 Å². The highest BCUT2D eigenvalue weighted by atomic mass is 16.3. The number of carbonyl (C=O) groups is 2. The molecule has 5 heteroatoms. The number of benzene rings is 1. The van der Waals surface area contributed by atoms with Crippen LogP contribution in [0.3, 0.4) is 0 Å². The Morgan fingerprint density at radius 2 is 1.84 bits per heavy atom. The van der Waals surface area contributed by atoms with Gasteiger partial charge in [0, 0.05) is 30.8 Å². The highest BCUT2D eigenvalue weighted by molar-refractivity contribution is 5.95. The molecule has 0 atom stereocenters. The third-order valence-electron chi connectivity index (χ3n) is 4.78. The predicted molar refractivity (Wildman–Crippen MR) is 95.9 cm³/mol. The van der Waals surface area contributed by atoms with E-state index >= 15 is 0 Å².